The van der Waals surface area contributed by atoms with Crippen LogP contribution in [0.4, 0.5) is 0 Å². The Hall–Kier alpha value is -8.91. The van der Waals surface area contributed by atoms with Crippen LogP contribution in [0.5, 0.6) is 0 Å². The maximum atomic E-state index is 14.7. The third kappa shape index (κ3) is 27.5. The van der Waals surface area contributed by atoms with E-state index < -0.39 is 169 Å². The van der Waals surface area contributed by atoms with Crippen LogP contribution in [0, 0.1) is 5.92 Å². The van der Waals surface area contributed by atoms with Crippen LogP contribution < -0.4 is 82.7 Å². The molecular formula is C63H98N18O13S. The van der Waals surface area contributed by atoms with E-state index in [0.717, 1.165) is 0 Å². The summed E-state index contributed by atoms with van der Waals surface area (Å²) < 4.78 is 0. The molecule has 2 saturated heterocycles. The van der Waals surface area contributed by atoms with Gasteiger partial charge in [-0.25, -0.2) is 0 Å². The fourth-order valence-electron chi connectivity index (χ4n) is 11.0. The average molecular weight is 1350 g/mol. The average Bonchev–Trinajstić information content (AvgIpc) is 1.74. The normalized spacial score (nSPS) is 16.8. The van der Waals surface area contributed by atoms with E-state index in [2.05, 4.69) is 47.5 Å². The van der Waals surface area contributed by atoms with Crippen molar-refractivity contribution in [3.63, 3.8) is 0 Å². The largest absolute Gasteiger partial charge is 0.370 e. The lowest BCUT2D eigenvalue weighted by Gasteiger charge is -2.32. The first-order valence-electron chi connectivity index (χ1n) is 32.2. The number of rotatable bonds is 42. The molecule has 32 heteroatoms. The molecule has 0 spiro atoms. The van der Waals surface area contributed by atoms with Gasteiger partial charge in [-0.15, -0.1) is 0 Å². The number of nitrogens with zero attached hydrogens (tertiary/aromatic N) is 3. The van der Waals surface area contributed by atoms with E-state index in [1.807, 2.05) is 20.1 Å². The first-order chi connectivity index (χ1) is 45.2. The number of thioether (sulfide) groups is 1. The van der Waals surface area contributed by atoms with E-state index in [1.54, 1.807) is 60.7 Å². The van der Waals surface area contributed by atoms with Crippen LogP contribution in [-0.4, -0.2) is 198 Å². The van der Waals surface area contributed by atoms with Gasteiger partial charge in [-0.2, -0.15) is 11.8 Å². The number of carbonyl (C=O) groups is 13. The standard InChI is InChI=1S/C63H98N18O13S/c1-37(2)33-45(57(89)74-41(53(68)85)27-32-95-3)73-52(84)36-72-54(86)46(34-38-15-6-4-7-16-38)78-58(90)47(35-39-17-8-5-9-18-39)79-56(88)42(23-25-50(66)82)75-55(87)43(24-26-51(67)83)76-59(91)49-22-14-31-81(49)62(94)44(20-10-11-28-64)77-60(92)48-21-13-30-80(48)61(93)40(65)19-12-29-71-63(69)70/h4-9,15-18,37,40-49H,10-14,19-36,64-65H2,1-3H3,(H2,66,82)(H2,67,83)(H2,68,85)(H,72,86)(H,73,84)(H,74,89)(H,75,87)(H,76,91)(H,77,92)(H,78,90)(H,79,88)(H4,69,70,71)/t40-,41-,42-,43-,44-,45-,46+,47+,48+,49-/m0/s1. The molecule has 2 aromatic rings. The number of unbranched alkanes of at least 4 members (excludes halogenated alkanes) is 1. The van der Waals surface area contributed by atoms with Gasteiger partial charge in [0.2, 0.25) is 76.8 Å². The van der Waals surface area contributed by atoms with Crippen LogP contribution in [0.15, 0.2) is 65.7 Å². The van der Waals surface area contributed by atoms with Gasteiger partial charge in [0.05, 0.1) is 12.6 Å². The molecule has 2 heterocycles. The van der Waals surface area contributed by atoms with Crippen LogP contribution in [-0.2, 0) is 75.2 Å². The highest BCUT2D eigenvalue weighted by Gasteiger charge is 2.42. The second-order valence-corrected chi connectivity index (χ2v) is 25.1. The van der Waals surface area contributed by atoms with Crippen molar-refractivity contribution in [2.45, 2.75) is 183 Å². The number of carbonyl (C=O) groups excluding carboxylic acids is 13. The van der Waals surface area contributed by atoms with Gasteiger partial charge in [0.15, 0.2) is 5.96 Å². The minimum absolute atomic E-state index is 0.0736. The van der Waals surface area contributed by atoms with Crippen LogP contribution in [0.2, 0.25) is 0 Å². The van der Waals surface area contributed by atoms with Gasteiger partial charge >= 0.3 is 0 Å². The van der Waals surface area contributed by atoms with Gasteiger partial charge in [0, 0.05) is 45.3 Å². The molecule has 0 saturated carbocycles. The Balaban J connectivity index is 1.56. The highest BCUT2D eigenvalue weighted by molar-refractivity contribution is 7.98. The number of nitrogens with one attached hydrogen (secondary N) is 8. The number of benzene rings is 2. The Morgan fingerprint density at radius 2 is 1.01 bits per heavy atom. The number of aliphatic imine (C=N–C) groups is 1. The van der Waals surface area contributed by atoms with Crippen molar-refractivity contribution in [1.29, 1.82) is 0 Å². The molecule has 2 aliphatic rings. The van der Waals surface area contributed by atoms with Crippen molar-refractivity contribution < 1.29 is 62.3 Å². The maximum Gasteiger partial charge on any atom is 0.245 e. The van der Waals surface area contributed by atoms with Crippen molar-refractivity contribution in [2.75, 3.05) is 44.7 Å². The van der Waals surface area contributed by atoms with Crippen molar-refractivity contribution in [1.82, 2.24) is 52.3 Å². The smallest absolute Gasteiger partial charge is 0.245 e. The molecule has 2 aromatic carbocycles. The molecule has 0 radical (unpaired) electrons. The molecule has 0 unspecified atom stereocenters. The SMILES string of the molecule is CSCC[C@H](NC(=O)[C@H](CC(C)C)NC(=O)CNC(=O)[C@@H](Cc1ccccc1)NC(=O)[C@@H](Cc1ccccc1)NC(=O)[C@H](CCC(N)=O)NC(=O)[C@H](CCC(N)=O)NC(=O)[C@@H]1CCCN1C(=O)[C@H](CCCCN)NC(=O)[C@H]1CCCN1C(=O)[C@@H](N)CCCN=C(N)N)C(N)=O. The zero-order valence-electron chi connectivity index (χ0n) is 54.5. The molecule has 2 aliphatic heterocycles. The van der Waals surface area contributed by atoms with Crippen LogP contribution in [0.3, 0.4) is 0 Å². The number of hydrogen-bond acceptors (Lipinski definition) is 17. The number of likely N-dealkylation sites (tertiary alicyclic amines) is 2. The summed E-state index contributed by atoms with van der Waals surface area (Å²) in [4.78, 5) is 185. The number of primary amides is 3. The molecule has 95 heavy (non-hydrogen) atoms. The Morgan fingerprint density at radius 3 is 1.51 bits per heavy atom. The molecular weight excluding hydrogens is 1250 g/mol. The monoisotopic (exact) mass is 1350 g/mol. The van der Waals surface area contributed by atoms with E-state index in [0.29, 0.717) is 55.4 Å². The molecule has 31 nitrogen and oxygen atoms in total. The Labute approximate surface area is 558 Å². The van der Waals surface area contributed by atoms with Gasteiger partial charge < -0.3 is 92.5 Å². The van der Waals surface area contributed by atoms with Crippen LogP contribution >= 0.6 is 11.8 Å². The lowest BCUT2D eigenvalue weighted by Crippen LogP contribution is -2.60. The van der Waals surface area contributed by atoms with Crippen molar-refractivity contribution in [3.05, 3.63) is 71.8 Å². The van der Waals surface area contributed by atoms with Crippen molar-refractivity contribution >= 4 is 94.5 Å². The summed E-state index contributed by atoms with van der Waals surface area (Å²) in [5.74, 6) is -9.80. The van der Waals surface area contributed by atoms with E-state index in [4.69, 9.17) is 40.1 Å². The summed E-state index contributed by atoms with van der Waals surface area (Å²) in [5.41, 5.74) is 40.6. The highest BCUT2D eigenvalue weighted by atomic mass is 32.2. The van der Waals surface area contributed by atoms with E-state index >= 15 is 0 Å². The number of nitrogens with two attached hydrogens (primary N) is 7. The quantitative estimate of drug-likeness (QED) is 0.0173. The molecule has 4 rings (SSSR count). The molecule has 0 aliphatic carbocycles. The molecule has 13 amide bonds. The summed E-state index contributed by atoms with van der Waals surface area (Å²) in [6.45, 7) is 3.86. The molecule has 2 fully saturated rings. The van der Waals surface area contributed by atoms with Crippen molar-refractivity contribution in [2.24, 2.45) is 51.0 Å². The molecule has 10 atom stereocenters. The topological polar surface area (TPSA) is 519 Å². The van der Waals surface area contributed by atoms with Crippen molar-refractivity contribution in [3.8, 4) is 0 Å². The highest BCUT2D eigenvalue weighted by Crippen LogP contribution is 2.24. The van der Waals surface area contributed by atoms with E-state index in [1.165, 1.54) is 21.6 Å². The van der Waals surface area contributed by atoms with Gasteiger partial charge in [0.25, 0.3) is 0 Å². The number of hydrogen-bond donors (Lipinski definition) is 15. The van der Waals surface area contributed by atoms with E-state index in [9.17, 15) is 62.3 Å². The molecule has 0 bridgehead atoms. The minimum Gasteiger partial charge on any atom is -0.370 e. The molecule has 524 valence electrons. The fourth-order valence-corrected chi connectivity index (χ4v) is 11.5. The third-order valence-corrected chi connectivity index (χ3v) is 16.7. The number of guanidine groups is 1. The number of amides is 13. The zero-order valence-corrected chi connectivity index (χ0v) is 55.3. The Morgan fingerprint density at radius 1 is 0.537 bits per heavy atom. The lowest BCUT2D eigenvalue weighted by atomic mass is 10.0. The third-order valence-electron chi connectivity index (χ3n) is 16.0. The fraction of sp³-hybridized carbons (Fsp3) is 0.587. The van der Waals surface area contributed by atoms with Gasteiger partial charge in [0.1, 0.15) is 54.4 Å². The summed E-state index contributed by atoms with van der Waals surface area (Å²) in [5, 5.41) is 21.1. The first-order valence-corrected chi connectivity index (χ1v) is 33.6. The second-order valence-electron chi connectivity index (χ2n) is 24.1. The van der Waals surface area contributed by atoms with Gasteiger partial charge in [-0.1, -0.05) is 74.5 Å². The zero-order chi connectivity index (χ0) is 70.1. The second kappa shape index (κ2) is 41.0. The maximum absolute atomic E-state index is 14.7. The minimum atomic E-state index is -1.64. The summed E-state index contributed by atoms with van der Waals surface area (Å²) in [6, 6.07) is 4.51. The summed E-state index contributed by atoms with van der Waals surface area (Å²) >= 11 is 1.45. The summed E-state index contributed by atoms with van der Waals surface area (Å²) in [6.07, 6.45) is 3.12. The van der Waals surface area contributed by atoms with Gasteiger partial charge in [-0.05, 0) is 119 Å². The lowest BCUT2D eigenvalue weighted by molar-refractivity contribution is -0.144. The Bertz CT molecular complexity index is 2960. The van der Waals surface area contributed by atoms with E-state index in [-0.39, 0.29) is 83.0 Å². The predicted octanol–water partition coefficient (Wildman–Crippen LogP) is -3.71. The predicted molar refractivity (Wildman–Crippen MR) is 356 cm³/mol. The van der Waals surface area contributed by atoms with Crippen LogP contribution in [0.25, 0.3) is 0 Å². The first kappa shape index (κ1) is 78.5. The molecule has 22 N–H and O–H groups in total. The van der Waals surface area contributed by atoms with Gasteiger partial charge in [-0.3, -0.25) is 67.3 Å². The summed E-state index contributed by atoms with van der Waals surface area (Å²) in [7, 11) is 0. The molecule has 0 aromatic heterocycles. The van der Waals surface area contributed by atoms with Crippen LogP contribution in [0.1, 0.15) is 121 Å². The Kier molecular flexibility index (Phi) is 33.9.